The summed E-state index contributed by atoms with van der Waals surface area (Å²) >= 11 is 0. The van der Waals surface area contributed by atoms with E-state index in [1.54, 1.807) is 0 Å². The second-order valence-electron chi connectivity index (χ2n) is 5.14. The highest BCUT2D eigenvalue weighted by atomic mass is 16.3. The number of aliphatic hydroxyl groups is 1. The Labute approximate surface area is 92.1 Å². The molecule has 0 bridgehead atoms. The van der Waals surface area contributed by atoms with Crippen molar-refractivity contribution in [3.8, 4) is 0 Å². The van der Waals surface area contributed by atoms with Gasteiger partial charge in [-0.05, 0) is 42.7 Å². The van der Waals surface area contributed by atoms with Gasteiger partial charge in [0.05, 0.1) is 5.60 Å². The third-order valence-corrected chi connectivity index (χ3v) is 3.30. The fourth-order valence-electron chi connectivity index (χ4n) is 2.79. The Morgan fingerprint density at radius 1 is 1.33 bits per heavy atom. The number of aryl methyl sites for hydroxylation is 1. The van der Waals surface area contributed by atoms with Crippen LogP contribution in [0.2, 0.25) is 0 Å². The lowest BCUT2D eigenvalue weighted by molar-refractivity contribution is -0.00129. The van der Waals surface area contributed by atoms with Crippen LogP contribution in [0.3, 0.4) is 0 Å². The van der Waals surface area contributed by atoms with Gasteiger partial charge in [-0.2, -0.15) is 0 Å². The average molecular weight is 204 g/mol. The summed E-state index contributed by atoms with van der Waals surface area (Å²) < 4.78 is 0. The number of hydrogen-bond acceptors (Lipinski definition) is 1. The summed E-state index contributed by atoms with van der Waals surface area (Å²) in [5.41, 5.74) is 1.94. The highest BCUT2D eigenvalue weighted by molar-refractivity contribution is 5.34. The van der Waals surface area contributed by atoms with Crippen LogP contribution in [0, 0.1) is 5.92 Å². The van der Waals surface area contributed by atoms with E-state index in [1.807, 2.05) is 6.07 Å². The molecule has 0 amide bonds. The summed E-state index contributed by atoms with van der Waals surface area (Å²) in [6.07, 6.45) is 4.03. The van der Waals surface area contributed by atoms with Crippen LogP contribution >= 0.6 is 0 Å². The summed E-state index contributed by atoms with van der Waals surface area (Å²) in [5.74, 6) is 0.543. The van der Waals surface area contributed by atoms with Crippen molar-refractivity contribution in [1.29, 1.82) is 0 Å². The third kappa shape index (κ3) is 2.07. The maximum absolute atomic E-state index is 10.7. The van der Waals surface area contributed by atoms with Crippen molar-refractivity contribution in [2.24, 2.45) is 5.92 Å². The minimum atomic E-state index is -0.566. The molecule has 0 heterocycles. The van der Waals surface area contributed by atoms with E-state index in [0.29, 0.717) is 5.92 Å². The van der Waals surface area contributed by atoms with Gasteiger partial charge in [-0.1, -0.05) is 38.1 Å². The first-order valence-corrected chi connectivity index (χ1v) is 5.92. The summed E-state index contributed by atoms with van der Waals surface area (Å²) in [5, 5.41) is 10.7. The van der Waals surface area contributed by atoms with Gasteiger partial charge in [-0.15, -0.1) is 0 Å². The monoisotopic (exact) mass is 204 g/mol. The van der Waals surface area contributed by atoms with Crippen molar-refractivity contribution < 1.29 is 5.11 Å². The predicted octanol–water partition coefficient (Wildman–Crippen LogP) is 3.26. The molecule has 0 fully saturated rings. The first-order valence-electron chi connectivity index (χ1n) is 5.92. The van der Waals surface area contributed by atoms with Crippen molar-refractivity contribution in [1.82, 2.24) is 0 Å². The molecule has 0 saturated carbocycles. The van der Waals surface area contributed by atoms with E-state index in [9.17, 15) is 5.11 Å². The molecule has 0 spiro atoms. The molecule has 1 nitrogen and oxygen atoms in total. The molecule has 15 heavy (non-hydrogen) atoms. The zero-order valence-electron chi connectivity index (χ0n) is 9.66. The molecule has 1 aliphatic carbocycles. The van der Waals surface area contributed by atoms with Crippen LogP contribution < -0.4 is 0 Å². The van der Waals surface area contributed by atoms with Crippen LogP contribution in [0.5, 0.6) is 0 Å². The molecule has 1 atom stereocenters. The van der Waals surface area contributed by atoms with Crippen LogP contribution in [0.4, 0.5) is 0 Å². The van der Waals surface area contributed by atoms with E-state index in [1.165, 1.54) is 11.1 Å². The molecule has 2 rings (SSSR count). The summed E-state index contributed by atoms with van der Waals surface area (Å²) in [6.45, 7) is 4.35. The van der Waals surface area contributed by atoms with E-state index in [4.69, 9.17) is 0 Å². The Morgan fingerprint density at radius 2 is 2.07 bits per heavy atom. The Hall–Kier alpha value is -0.820. The molecule has 0 aromatic heterocycles. The Kier molecular flexibility index (Phi) is 2.83. The van der Waals surface area contributed by atoms with E-state index in [2.05, 4.69) is 32.0 Å². The Morgan fingerprint density at radius 3 is 2.80 bits per heavy atom. The molecule has 0 aliphatic heterocycles. The SMILES string of the molecule is CC(C)CC1(O)CCCc2ccccc21. The maximum Gasteiger partial charge on any atom is 0.0901 e. The molecule has 1 N–H and O–H groups in total. The first-order chi connectivity index (χ1) is 7.12. The van der Waals surface area contributed by atoms with Gasteiger partial charge >= 0.3 is 0 Å². The second kappa shape index (κ2) is 3.97. The van der Waals surface area contributed by atoms with Crippen molar-refractivity contribution in [2.75, 3.05) is 0 Å². The summed E-state index contributed by atoms with van der Waals surface area (Å²) in [4.78, 5) is 0. The van der Waals surface area contributed by atoms with Crippen LogP contribution in [0.25, 0.3) is 0 Å². The van der Waals surface area contributed by atoms with Gasteiger partial charge in [0, 0.05) is 0 Å². The Bertz CT molecular complexity index is 343. The minimum Gasteiger partial charge on any atom is -0.385 e. The molecule has 1 heteroatoms. The van der Waals surface area contributed by atoms with Gasteiger partial charge < -0.3 is 5.11 Å². The highest BCUT2D eigenvalue weighted by Crippen LogP contribution is 2.39. The molecule has 0 saturated heterocycles. The number of hydrogen-bond donors (Lipinski definition) is 1. The smallest absolute Gasteiger partial charge is 0.0901 e. The number of benzene rings is 1. The highest BCUT2D eigenvalue weighted by Gasteiger charge is 2.34. The predicted molar refractivity (Wildman–Crippen MR) is 62.7 cm³/mol. The van der Waals surface area contributed by atoms with Crippen molar-refractivity contribution in [3.05, 3.63) is 35.4 Å². The Balaban J connectivity index is 2.36. The van der Waals surface area contributed by atoms with E-state index in [-0.39, 0.29) is 0 Å². The standard InChI is InChI=1S/C14H20O/c1-11(2)10-14(15)9-5-7-12-6-3-4-8-13(12)14/h3-4,6,8,11,15H,5,7,9-10H2,1-2H3. The molecule has 1 aromatic carbocycles. The van der Waals surface area contributed by atoms with Gasteiger partial charge in [0.25, 0.3) is 0 Å². The van der Waals surface area contributed by atoms with E-state index >= 15 is 0 Å². The largest absolute Gasteiger partial charge is 0.385 e. The lowest BCUT2D eigenvalue weighted by Gasteiger charge is -2.35. The van der Waals surface area contributed by atoms with Crippen LogP contribution in [-0.4, -0.2) is 5.11 Å². The average Bonchev–Trinajstić information content (AvgIpc) is 2.17. The number of rotatable bonds is 2. The fourth-order valence-corrected chi connectivity index (χ4v) is 2.79. The van der Waals surface area contributed by atoms with Gasteiger partial charge in [0.1, 0.15) is 0 Å². The van der Waals surface area contributed by atoms with E-state index < -0.39 is 5.60 Å². The number of fused-ring (bicyclic) bond motifs is 1. The fraction of sp³-hybridized carbons (Fsp3) is 0.571. The topological polar surface area (TPSA) is 20.2 Å². The van der Waals surface area contributed by atoms with E-state index in [0.717, 1.165) is 25.7 Å². The van der Waals surface area contributed by atoms with Gasteiger partial charge in [-0.25, -0.2) is 0 Å². The molecule has 1 unspecified atom stereocenters. The zero-order valence-corrected chi connectivity index (χ0v) is 9.66. The molecule has 0 radical (unpaired) electrons. The van der Waals surface area contributed by atoms with Gasteiger partial charge in [0.15, 0.2) is 0 Å². The van der Waals surface area contributed by atoms with Crippen molar-refractivity contribution in [2.45, 2.75) is 45.1 Å². The van der Waals surface area contributed by atoms with Crippen molar-refractivity contribution in [3.63, 3.8) is 0 Å². The van der Waals surface area contributed by atoms with Crippen LogP contribution in [-0.2, 0) is 12.0 Å². The molecular formula is C14H20O. The second-order valence-corrected chi connectivity index (χ2v) is 5.14. The molecule has 82 valence electrons. The molecular weight excluding hydrogens is 184 g/mol. The summed E-state index contributed by atoms with van der Waals surface area (Å²) in [6, 6.07) is 8.35. The summed E-state index contributed by atoms with van der Waals surface area (Å²) in [7, 11) is 0. The van der Waals surface area contributed by atoms with Gasteiger partial charge in [0.2, 0.25) is 0 Å². The lowest BCUT2D eigenvalue weighted by atomic mass is 9.75. The molecule has 1 aliphatic rings. The minimum absolute atomic E-state index is 0.543. The lowest BCUT2D eigenvalue weighted by Crippen LogP contribution is -2.32. The third-order valence-electron chi connectivity index (χ3n) is 3.30. The maximum atomic E-state index is 10.7. The van der Waals surface area contributed by atoms with Crippen LogP contribution in [0.15, 0.2) is 24.3 Å². The first kappa shape index (κ1) is 10.7. The van der Waals surface area contributed by atoms with Crippen LogP contribution in [0.1, 0.15) is 44.2 Å². The van der Waals surface area contributed by atoms with Gasteiger partial charge in [-0.3, -0.25) is 0 Å². The zero-order chi connectivity index (χ0) is 10.9. The quantitative estimate of drug-likeness (QED) is 0.784. The van der Waals surface area contributed by atoms with Crippen molar-refractivity contribution >= 4 is 0 Å². The molecule has 1 aromatic rings. The normalized spacial score (nSPS) is 25.3.